The Morgan fingerprint density at radius 2 is 2.24 bits per heavy atom. The van der Waals surface area contributed by atoms with E-state index in [0.29, 0.717) is 28.8 Å². The highest BCUT2D eigenvalue weighted by Crippen LogP contribution is 2.33. The van der Waals surface area contributed by atoms with Gasteiger partial charge in [-0.2, -0.15) is 11.8 Å². The average molecular weight is 364 g/mol. The van der Waals surface area contributed by atoms with Crippen molar-refractivity contribution in [2.75, 3.05) is 23.9 Å². The van der Waals surface area contributed by atoms with E-state index in [0.717, 1.165) is 25.0 Å². The first-order valence-corrected chi connectivity index (χ1v) is 9.53. The standard InChI is InChI=1S/C17H24N4O3S/c1-24-13-7-6-10(8-11(13)18)19-15(22)5-3-2-4-14-16-12(9-25-14)20-17(23)21-16/h6-8,12,14,16H,2-5,9,18H2,1H3,(H,19,22)(H2,20,21,23)/t12-,14-,16-/m0/s1. The Labute approximate surface area is 151 Å². The molecule has 25 heavy (non-hydrogen) atoms. The number of hydrogen-bond donors (Lipinski definition) is 4. The van der Waals surface area contributed by atoms with Crippen molar-refractivity contribution in [3.05, 3.63) is 18.2 Å². The molecule has 3 amide bonds. The summed E-state index contributed by atoms with van der Waals surface area (Å²) < 4.78 is 5.10. The molecule has 2 heterocycles. The molecule has 0 bridgehead atoms. The molecule has 8 heteroatoms. The van der Waals surface area contributed by atoms with Crippen molar-refractivity contribution in [2.24, 2.45) is 0 Å². The number of nitrogens with one attached hydrogen (secondary N) is 3. The summed E-state index contributed by atoms with van der Waals surface area (Å²) in [4.78, 5) is 23.4. The number of hydrogen-bond acceptors (Lipinski definition) is 5. The first kappa shape index (κ1) is 17.7. The van der Waals surface area contributed by atoms with Crippen molar-refractivity contribution in [3.63, 3.8) is 0 Å². The molecule has 0 unspecified atom stereocenters. The van der Waals surface area contributed by atoms with E-state index in [1.807, 2.05) is 11.8 Å². The second-order valence-electron chi connectivity index (χ2n) is 6.37. The lowest BCUT2D eigenvalue weighted by Gasteiger charge is -2.16. The van der Waals surface area contributed by atoms with Gasteiger partial charge in [-0.25, -0.2) is 4.79 Å². The number of rotatable bonds is 7. The van der Waals surface area contributed by atoms with E-state index < -0.39 is 0 Å². The van der Waals surface area contributed by atoms with Crippen LogP contribution in [0.1, 0.15) is 25.7 Å². The highest BCUT2D eigenvalue weighted by molar-refractivity contribution is 8.00. The van der Waals surface area contributed by atoms with Crippen LogP contribution in [0.2, 0.25) is 0 Å². The molecule has 1 aromatic rings. The van der Waals surface area contributed by atoms with Gasteiger partial charge in [-0.3, -0.25) is 4.79 Å². The highest BCUT2D eigenvalue weighted by atomic mass is 32.2. The fraction of sp³-hybridized carbons (Fsp3) is 0.529. The number of carbonyl (C=O) groups is 2. The summed E-state index contributed by atoms with van der Waals surface area (Å²) in [6.45, 7) is 0. The summed E-state index contributed by atoms with van der Waals surface area (Å²) in [5.74, 6) is 1.55. The molecule has 0 aromatic heterocycles. The van der Waals surface area contributed by atoms with Crippen LogP contribution in [0.4, 0.5) is 16.2 Å². The Kier molecular flexibility index (Phi) is 5.57. The summed E-state index contributed by atoms with van der Waals surface area (Å²) in [7, 11) is 1.56. The predicted octanol–water partition coefficient (Wildman–Crippen LogP) is 1.94. The molecule has 3 atom stereocenters. The third kappa shape index (κ3) is 4.31. The Morgan fingerprint density at radius 3 is 3.00 bits per heavy atom. The van der Waals surface area contributed by atoms with Crippen molar-refractivity contribution < 1.29 is 14.3 Å². The monoisotopic (exact) mass is 364 g/mol. The summed E-state index contributed by atoms with van der Waals surface area (Å²) in [6.07, 6.45) is 3.28. The molecule has 2 saturated heterocycles. The van der Waals surface area contributed by atoms with Gasteiger partial charge in [0.15, 0.2) is 0 Å². The first-order chi connectivity index (χ1) is 12.1. The van der Waals surface area contributed by atoms with Crippen LogP contribution in [-0.2, 0) is 4.79 Å². The molecule has 0 radical (unpaired) electrons. The van der Waals surface area contributed by atoms with E-state index >= 15 is 0 Å². The number of benzene rings is 1. The molecule has 2 aliphatic heterocycles. The number of amides is 3. The molecule has 1 aromatic carbocycles. The molecule has 3 rings (SSSR count). The molecule has 0 spiro atoms. The average Bonchev–Trinajstić information content (AvgIpc) is 3.11. The van der Waals surface area contributed by atoms with Crippen LogP contribution < -0.4 is 26.4 Å². The molecule has 2 fully saturated rings. The van der Waals surface area contributed by atoms with Crippen LogP contribution >= 0.6 is 11.8 Å². The minimum atomic E-state index is -0.0570. The van der Waals surface area contributed by atoms with Crippen LogP contribution in [0.15, 0.2) is 18.2 Å². The van der Waals surface area contributed by atoms with Gasteiger partial charge in [0.05, 0.1) is 24.9 Å². The highest BCUT2D eigenvalue weighted by Gasteiger charge is 2.42. The minimum absolute atomic E-state index is 0.0163. The molecule has 136 valence electrons. The second-order valence-corrected chi connectivity index (χ2v) is 7.64. The van der Waals surface area contributed by atoms with Crippen LogP contribution in [0, 0.1) is 0 Å². The van der Waals surface area contributed by atoms with E-state index in [1.165, 1.54) is 0 Å². The Hall–Kier alpha value is -2.09. The summed E-state index contributed by atoms with van der Waals surface area (Å²) in [5.41, 5.74) is 7.02. The number of nitrogens with two attached hydrogens (primary N) is 1. The van der Waals surface area contributed by atoms with Gasteiger partial charge in [-0.1, -0.05) is 6.42 Å². The molecular formula is C17H24N4O3S. The molecule has 7 nitrogen and oxygen atoms in total. The van der Waals surface area contributed by atoms with Crippen LogP contribution in [0.25, 0.3) is 0 Å². The zero-order chi connectivity index (χ0) is 17.8. The van der Waals surface area contributed by atoms with Crippen molar-refractivity contribution >= 4 is 35.1 Å². The molecule has 5 N–H and O–H groups in total. The Morgan fingerprint density at radius 1 is 1.40 bits per heavy atom. The fourth-order valence-corrected chi connectivity index (χ4v) is 4.85. The number of urea groups is 1. The maximum Gasteiger partial charge on any atom is 0.315 e. The van der Waals surface area contributed by atoms with E-state index in [9.17, 15) is 9.59 Å². The third-order valence-electron chi connectivity index (χ3n) is 4.59. The number of thioether (sulfide) groups is 1. The van der Waals surface area contributed by atoms with Crippen molar-refractivity contribution in [2.45, 2.75) is 43.0 Å². The summed E-state index contributed by atoms with van der Waals surface area (Å²) >= 11 is 1.90. The van der Waals surface area contributed by atoms with Gasteiger partial charge in [0.2, 0.25) is 5.91 Å². The zero-order valence-corrected chi connectivity index (χ0v) is 15.0. The van der Waals surface area contributed by atoms with Crippen molar-refractivity contribution in [1.82, 2.24) is 10.6 Å². The van der Waals surface area contributed by atoms with Gasteiger partial charge in [0.25, 0.3) is 0 Å². The zero-order valence-electron chi connectivity index (χ0n) is 14.2. The maximum absolute atomic E-state index is 12.0. The fourth-order valence-electron chi connectivity index (χ4n) is 3.31. The van der Waals surface area contributed by atoms with E-state index in [2.05, 4.69) is 16.0 Å². The number of anilines is 2. The molecular weight excluding hydrogens is 340 g/mol. The van der Waals surface area contributed by atoms with Crippen molar-refractivity contribution in [3.8, 4) is 5.75 Å². The number of methoxy groups -OCH3 is 1. The van der Waals surface area contributed by atoms with Crippen LogP contribution in [-0.4, -0.2) is 42.1 Å². The van der Waals surface area contributed by atoms with Gasteiger partial charge < -0.3 is 26.4 Å². The molecule has 0 saturated carbocycles. The van der Waals surface area contributed by atoms with E-state index in [1.54, 1.807) is 25.3 Å². The molecule has 2 aliphatic rings. The topological polar surface area (TPSA) is 105 Å². The largest absolute Gasteiger partial charge is 0.495 e. The van der Waals surface area contributed by atoms with Gasteiger partial charge >= 0.3 is 6.03 Å². The van der Waals surface area contributed by atoms with Crippen LogP contribution in [0.3, 0.4) is 0 Å². The number of fused-ring (bicyclic) bond motifs is 1. The summed E-state index contributed by atoms with van der Waals surface area (Å²) in [6, 6.07) is 5.64. The van der Waals surface area contributed by atoms with Crippen molar-refractivity contribution in [1.29, 1.82) is 0 Å². The van der Waals surface area contributed by atoms with E-state index in [-0.39, 0.29) is 24.0 Å². The Bertz CT molecular complexity index is 655. The smallest absolute Gasteiger partial charge is 0.315 e. The number of unbranched alkanes of at least 4 members (excludes halogenated alkanes) is 1. The third-order valence-corrected chi connectivity index (χ3v) is 6.10. The maximum atomic E-state index is 12.0. The Balaban J connectivity index is 1.37. The number of ether oxygens (including phenoxy) is 1. The second kappa shape index (κ2) is 7.86. The van der Waals surface area contributed by atoms with Crippen LogP contribution in [0.5, 0.6) is 5.75 Å². The lowest BCUT2D eigenvalue weighted by atomic mass is 10.0. The SMILES string of the molecule is COc1ccc(NC(=O)CCCC[C@@H]2SC[C@@H]3NC(=O)N[C@@H]32)cc1N. The quantitative estimate of drug-likeness (QED) is 0.336. The normalized spacial score (nSPS) is 24.4. The van der Waals surface area contributed by atoms with Gasteiger partial charge in [-0.15, -0.1) is 0 Å². The van der Waals surface area contributed by atoms with E-state index in [4.69, 9.17) is 10.5 Å². The predicted molar refractivity (Wildman–Crippen MR) is 100.0 cm³/mol. The lowest BCUT2D eigenvalue weighted by molar-refractivity contribution is -0.116. The number of nitrogen functional groups attached to an aromatic ring is 1. The minimum Gasteiger partial charge on any atom is -0.495 e. The lowest BCUT2D eigenvalue weighted by Crippen LogP contribution is -2.36. The van der Waals surface area contributed by atoms with Gasteiger partial charge in [-0.05, 0) is 31.0 Å². The number of carbonyl (C=O) groups excluding carboxylic acids is 2. The van der Waals surface area contributed by atoms with Gasteiger partial charge in [0.1, 0.15) is 5.75 Å². The van der Waals surface area contributed by atoms with Gasteiger partial charge in [0, 0.05) is 23.1 Å². The summed E-state index contributed by atoms with van der Waals surface area (Å²) in [5, 5.41) is 9.23. The molecule has 0 aliphatic carbocycles. The first-order valence-electron chi connectivity index (χ1n) is 8.49.